The molecular formula is C33H34F2N4O6. The number of halogens is 2. The van der Waals surface area contributed by atoms with Gasteiger partial charge in [0.05, 0.1) is 35.6 Å². The topological polar surface area (TPSA) is 124 Å². The summed E-state index contributed by atoms with van der Waals surface area (Å²) in [6.45, 7) is 2.93. The van der Waals surface area contributed by atoms with E-state index in [1.54, 1.807) is 66.3 Å². The Hall–Kier alpha value is -4.71. The molecule has 2 aliphatic rings. The van der Waals surface area contributed by atoms with Crippen LogP contribution < -0.4 is 24.8 Å². The number of nitrogens with one attached hydrogen (secondary N) is 2. The number of alkyl halides is 2. The average Bonchev–Trinajstić information content (AvgIpc) is 3.64. The number of aromatic nitrogens is 2. The van der Waals surface area contributed by atoms with Gasteiger partial charge in [-0.1, -0.05) is 12.1 Å². The van der Waals surface area contributed by atoms with Crippen molar-refractivity contribution in [3.63, 3.8) is 0 Å². The standard InChI is InChI=1S/C33H34F2N4O6/c1-19(37-32(42)33(2,34)35)30(20-9-12-28-29(17-20)44-14-13-43-28)45-24-10-11-26-22(16-24)18-36-39(26)23-6-3-5-21(15-23)31(41)38-25-7-4-8-27(25)40/h3,5-6,9-12,15-19,25,27,30,40H,4,7-8,13-14H2,1-2H3,(H,37,42)(H,38,41)/t19-,25+,27?,30-/m0/s1. The van der Waals surface area contributed by atoms with Crippen LogP contribution in [-0.4, -0.2) is 64.0 Å². The summed E-state index contributed by atoms with van der Waals surface area (Å²) in [4.78, 5) is 25.1. The van der Waals surface area contributed by atoms with Gasteiger partial charge in [0.2, 0.25) is 0 Å². The number of nitrogens with zero attached hydrogens (tertiary/aromatic N) is 2. The van der Waals surface area contributed by atoms with Crippen LogP contribution in [0.4, 0.5) is 8.78 Å². The van der Waals surface area contributed by atoms with Crippen LogP contribution in [-0.2, 0) is 4.79 Å². The molecular weight excluding hydrogens is 586 g/mol. The minimum atomic E-state index is -3.56. The summed E-state index contributed by atoms with van der Waals surface area (Å²) in [5.74, 6) is -3.75. The lowest BCUT2D eigenvalue weighted by Gasteiger charge is -2.28. The van der Waals surface area contributed by atoms with Crippen molar-refractivity contribution in [1.82, 2.24) is 20.4 Å². The third-order valence-electron chi connectivity index (χ3n) is 8.06. The van der Waals surface area contributed by atoms with Gasteiger partial charge in [-0.05, 0) is 80.3 Å². The van der Waals surface area contributed by atoms with E-state index < -0.39 is 30.1 Å². The van der Waals surface area contributed by atoms with Gasteiger partial charge < -0.3 is 30.0 Å². The molecule has 1 aliphatic carbocycles. The van der Waals surface area contributed by atoms with E-state index in [9.17, 15) is 23.5 Å². The van der Waals surface area contributed by atoms with Crippen molar-refractivity contribution >= 4 is 22.7 Å². The van der Waals surface area contributed by atoms with Gasteiger partial charge in [0.1, 0.15) is 25.1 Å². The summed E-state index contributed by atoms with van der Waals surface area (Å²) >= 11 is 0. The molecule has 1 fully saturated rings. The van der Waals surface area contributed by atoms with Crippen LogP contribution in [0.15, 0.2) is 66.9 Å². The van der Waals surface area contributed by atoms with Crippen molar-refractivity contribution in [2.24, 2.45) is 0 Å². The summed E-state index contributed by atoms with van der Waals surface area (Å²) < 4.78 is 46.9. The molecule has 1 saturated carbocycles. The Morgan fingerprint density at radius 2 is 1.87 bits per heavy atom. The number of aliphatic hydroxyl groups excluding tert-OH is 1. The van der Waals surface area contributed by atoms with E-state index in [1.165, 1.54) is 0 Å². The molecule has 3 aromatic carbocycles. The molecule has 4 atom stereocenters. The normalized spacial score (nSPS) is 19.1. The van der Waals surface area contributed by atoms with E-state index in [2.05, 4.69) is 15.7 Å². The maximum absolute atomic E-state index is 13.8. The first kappa shape index (κ1) is 30.3. The molecule has 3 N–H and O–H groups in total. The number of carbonyl (C=O) groups excluding carboxylic acids is 2. The molecule has 10 nitrogen and oxygen atoms in total. The quantitative estimate of drug-likeness (QED) is 0.248. The molecule has 1 aromatic heterocycles. The van der Waals surface area contributed by atoms with Crippen molar-refractivity contribution in [1.29, 1.82) is 0 Å². The number of hydrogen-bond acceptors (Lipinski definition) is 7. The molecule has 45 heavy (non-hydrogen) atoms. The number of benzene rings is 3. The second kappa shape index (κ2) is 12.4. The lowest BCUT2D eigenvalue weighted by Crippen LogP contribution is -2.46. The molecule has 236 valence electrons. The lowest BCUT2D eigenvalue weighted by atomic mass is 10.0. The first-order chi connectivity index (χ1) is 21.6. The van der Waals surface area contributed by atoms with Crippen LogP contribution in [0.5, 0.6) is 17.2 Å². The van der Waals surface area contributed by atoms with Crippen molar-refractivity contribution in [3.05, 3.63) is 78.0 Å². The third-order valence-corrected chi connectivity index (χ3v) is 8.06. The monoisotopic (exact) mass is 620 g/mol. The molecule has 12 heteroatoms. The van der Waals surface area contributed by atoms with E-state index in [0.717, 1.165) is 23.7 Å². The maximum atomic E-state index is 13.8. The number of amides is 2. The number of fused-ring (bicyclic) bond motifs is 2. The van der Waals surface area contributed by atoms with E-state index in [4.69, 9.17) is 14.2 Å². The van der Waals surface area contributed by atoms with E-state index in [0.29, 0.717) is 60.6 Å². The summed E-state index contributed by atoms with van der Waals surface area (Å²) in [7, 11) is 0. The zero-order valence-electron chi connectivity index (χ0n) is 24.8. The molecule has 1 aliphatic heterocycles. The smallest absolute Gasteiger partial charge is 0.321 e. The molecule has 0 bridgehead atoms. The first-order valence-electron chi connectivity index (χ1n) is 14.9. The number of aliphatic hydroxyl groups is 1. The SMILES string of the molecule is C[C@H](NC(=O)C(C)(F)F)[C@H](Oc1ccc2c(cnn2-c2cccc(C(=O)N[C@@H]3CCCC3O)c2)c1)c1ccc2c(c1)OCCO2. The maximum Gasteiger partial charge on any atom is 0.321 e. The predicted octanol–water partition coefficient (Wildman–Crippen LogP) is 4.72. The summed E-state index contributed by atoms with van der Waals surface area (Å²) in [5, 5.41) is 20.7. The third kappa shape index (κ3) is 6.56. The Morgan fingerprint density at radius 1 is 1.07 bits per heavy atom. The fourth-order valence-corrected chi connectivity index (χ4v) is 5.68. The first-order valence-corrected chi connectivity index (χ1v) is 14.9. The van der Waals surface area contributed by atoms with Gasteiger partial charge in [0, 0.05) is 17.9 Å². The van der Waals surface area contributed by atoms with Crippen molar-refractivity contribution in [2.45, 2.75) is 63.3 Å². The number of rotatable bonds is 9. The Bertz CT molecular complexity index is 1720. The van der Waals surface area contributed by atoms with Gasteiger partial charge in [-0.2, -0.15) is 13.9 Å². The number of carbonyl (C=O) groups is 2. The van der Waals surface area contributed by atoms with E-state index in [1.807, 2.05) is 12.1 Å². The number of hydrogen-bond donors (Lipinski definition) is 3. The highest BCUT2D eigenvalue weighted by Crippen LogP contribution is 2.36. The summed E-state index contributed by atoms with van der Waals surface area (Å²) in [5.41, 5.74) is 2.46. The highest BCUT2D eigenvalue weighted by Gasteiger charge is 2.35. The van der Waals surface area contributed by atoms with Crippen LogP contribution in [0, 0.1) is 0 Å². The second-order valence-corrected chi connectivity index (χ2v) is 11.5. The molecule has 2 heterocycles. The molecule has 0 spiro atoms. The second-order valence-electron chi connectivity index (χ2n) is 11.5. The average molecular weight is 621 g/mol. The van der Waals surface area contributed by atoms with Gasteiger partial charge in [0.25, 0.3) is 11.8 Å². The van der Waals surface area contributed by atoms with Gasteiger partial charge in [-0.3, -0.25) is 9.59 Å². The van der Waals surface area contributed by atoms with Crippen LogP contribution in [0.1, 0.15) is 55.1 Å². The minimum Gasteiger partial charge on any atom is -0.486 e. The minimum absolute atomic E-state index is 0.259. The van der Waals surface area contributed by atoms with Crippen LogP contribution in [0.25, 0.3) is 16.6 Å². The molecule has 1 unspecified atom stereocenters. The molecule has 0 saturated heterocycles. The van der Waals surface area contributed by atoms with Crippen LogP contribution in [0.3, 0.4) is 0 Å². The molecule has 6 rings (SSSR count). The Balaban J connectivity index is 1.26. The van der Waals surface area contributed by atoms with Crippen molar-refractivity contribution in [2.75, 3.05) is 13.2 Å². The predicted molar refractivity (Wildman–Crippen MR) is 161 cm³/mol. The fraction of sp³-hybridized carbons (Fsp3) is 0.364. The largest absolute Gasteiger partial charge is 0.486 e. The number of ether oxygens (including phenoxy) is 3. The van der Waals surface area contributed by atoms with Gasteiger partial charge in [0.15, 0.2) is 11.5 Å². The summed E-state index contributed by atoms with van der Waals surface area (Å²) in [6, 6.07) is 16.5. The molecule has 2 amide bonds. The lowest BCUT2D eigenvalue weighted by molar-refractivity contribution is -0.144. The van der Waals surface area contributed by atoms with Crippen LogP contribution in [0.2, 0.25) is 0 Å². The zero-order chi connectivity index (χ0) is 31.7. The highest BCUT2D eigenvalue weighted by molar-refractivity contribution is 5.95. The van der Waals surface area contributed by atoms with E-state index >= 15 is 0 Å². The van der Waals surface area contributed by atoms with Crippen LogP contribution >= 0.6 is 0 Å². The zero-order valence-corrected chi connectivity index (χ0v) is 24.8. The van der Waals surface area contributed by atoms with Gasteiger partial charge in [-0.15, -0.1) is 0 Å². The fourth-order valence-electron chi connectivity index (χ4n) is 5.68. The van der Waals surface area contributed by atoms with Crippen molar-refractivity contribution in [3.8, 4) is 22.9 Å². The highest BCUT2D eigenvalue weighted by atomic mass is 19.3. The van der Waals surface area contributed by atoms with E-state index in [-0.39, 0.29) is 11.9 Å². The van der Waals surface area contributed by atoms with Gasteiger partial charge in [-0.25, -0.2) is 4.68 Å². The summed E-state index contributed by atoms with van der Waals surface area (Å²) in [6.07, 6.45) is 2.56. The Kier molecular flexibility index (Phi) is 8.32. The Morgan fingerprint density at radius 3 is 2.62 bits per heavy atom. The molecule has 0 radical (unpaired) electrons. The Labute approximate surface area is 258 Å². The molecule has 4 aromatic rings. The van der Waals surface area contributed by atoms with Gasteiger partial charge >= 0.3 is 5.92 Å². The van der Waals surface area contributed by atoms with Crippen molar-refractivity contribution < 1.29 is 37.7 Å².